The maximum absolute atomic E-state index is 9.41. The number of nitrogens with zero attached hydrogens (tertiary/aromatic N) is 2. The number of hydrogen-bond acceptors (Lipinski definition) is 2. The topological polar surface area (TPSA) is 27.8 Å². The zero-order valence-corrected chi connectivity index (χ0v) is 7.85. The van der Waals surface area contributed by atoms with Gasteiger partial charge in [-0.25, -0.2) is 4.85 Å². The zero-order valence-electron chi connectivity index (χ0n) is 7.85. The second kappa shape index (κ2) is 3.69. The molecule has 1 saturated heterocycles. The van der Waals surface area contributed by atoms with Crippen molar-refractivity contribution in [3.63, 3.8) is 0 Å². The van der Waals surface area contributed by atoms with Crippen molar-refractivity contribution in [2.75, 3.05) is 18.0 Å². The van der Waals surface area contributed by atoms with E-state index in [1.54, 1.807) is 0 Å². The number of anilines is 1. The first-order chi connectivity index (χ1) is 6.81. The highest BCUT2D eigenvalue weighted by Gasteiger charge is 2.21. The van der Waals surface area contributed by atoms with E-state index in [0.29, 0.717) is 12.2 Å². The van der Waals surface area contributed by atoms with Gasteiger partial charge < -0.3 is 10.0 Å². The maximum atomic E-state index is 9.41. The van der Waals surface area contributed by atoms with Crippen molar-refractivity contribution < 1.29 is 5.11 Å². The first-order valence-corrected chi connectivity index (χ1v) is 4.71. The molecule has 1 heterocycles. The number of aliphatic hydroxyl groups excluding tert-OH is 1. The highest BCUT2D eigenvalue weighted by molar-refractivity contribution is 5.71. The molecular formula is C11H12N2O. The molecular weight excluding hydrogens is 176 g/mol. The zero-order chi connectivity index (χ0) is 9.97. The summed E-state index contributed by atoms with van der Waals surface area (Å²) in [6, 6.07) is 7.54. The Morgan fingerprint density at radius 1 is 1.43 bits per heavy atom. The van der Waals surface area contributed by atoms with Crippen LogP contribution in [0.5, 0.6) is 0 Å². The van der Waals surface area contributed by atoms with Crippen LogP contribution >= 0.6 is 0 Å². The molecule has 3 heteroatoms. The smallest absolute Gasteiger partial charge is 0.209 e. The van der Waals surface area contributed by atoms with Crippen molar-refractivity contribution in [2.45, 2.75) is 12.5 Å². The molecule has 14 heavy (non-hydrogen) atoms. The first-order valence-electron chi connectivity index (χ1n) is 4.71. The monoisotopic (exact) mass is 188 g/mol. The van der Waals surface area contributed by atoms with E-state index in [1.165, 1.54) is 0 Å². The van der Waals surface area contributed by atoms with Gasteiger partial charge in [0.25, 0.3) is 0 Å². The second-order valence-corrected chi connectivity index (χ2v) is 3.49. The minimum Gasteiger partial charge on any atom is -0.391 e. The third-order valence-corrected chi connectivity index (χ3v) is 2.51. The molecule has 0 saturated carbocycles. The summed E-state index contributed by atoms with van der Waals surface area (Å²) in [7, 11) is 0. The quantitative estimate of drug-likeness (QED) is 0.681. The van der Waals surface area contributed by atoms with Crippen LogP contribution < -0.4 is 4.90 Å². The summed E-state index contributed by atoms with van der Waals surface area (Å²) in [6.45, 7) is 8.52. The lowest BCUT2D eigenvalue weighted by atomic mass is 10.2. The van der Waals surface area contributed by atoms with E-state index in [9.17, 15) is 5.11 Å². The molecule has 1 N–H and O–H groups in total. The van der Waals surface area contributed by atoms with Crippen molar-refractivity contribution in [1.82, 2.24) is 0 Å². The van der Waals surface area contributed by atoms with E-state index < -0.39 is 0 Å². The largest absolute Gasteiger partial charge is 0.391 e. The van der Waals surface area contributed by atoms with Crippen molar-refractivity contribution in [3.8, 4) is 0 Å². The molecule has 1 aliphatic heterocycles. The summed E-state index contributed by atoms with van der Waals surface area (Å²) in [5, 5.41) is 9.41. The third kappa shape index (κ3) is 1.57. The lowest BCUT2D eigenvalue weighted by molar-refractivity contribution is 0.198. The second-order valence-electron chi connectivity index (χ2n) is 3.49. The molecule has 0 unspecified atom stereocenters. The summed E-state index contributed by atoms with van der Waals surface area (Å²) in [5.74, 6) is 0. The Morgan fingerprint density at radius 2 is 2.21 bits per heavy atom. The maximum Gasteiger partial charge on any atom is 0.209 e. The predicted octanol–water partition coefficient (Wildman–Crippen LogP) is 1.81. The number of rotatable bonds is 1. The fourth-order valence-electron chi connectivity index (χ4n) is 1.79. The number of para-hydroxylation sites is 2. The van der Waals surface area contributed by atoms with Crippen molar-refractivity contribution in [1.29, 1.82) is 0 Å². The number of hydrogen-bond donors (Lipinski definition) is 1. The van der Waals surface area contributed by atoms with Gasteiger partial charge in [-0.1, -0.05) is 18.2 Å². The molecule has 1 aromatic rings. The van der Waals surface area contributed by atoms with Gasteiger partial charge in [0.15, 0.2) is 0 Å². The molecule has 1 aromatic carbocycles. The number of aliphatic hydroxyl groups is 1. The standard InChI is InChI=1S/C11H12N2O/c1-12-10-4-2-3-5-11(10)13-7-6-9(14)8-13/h2-5,9,14H,6-8H2/t9-/m0/s1. The normalized spacial score (nSPS) is 20.9. The van der Waals surface area contributed by atoms with Gasteiger partial charge in [-0.15, -0.1) is 0 Å². The summed E-state index contributed by atoms with van der Waals surface area (Å²) in [5.41, 5.74) is 1.61. The van der Waals surface area contributed by atoms with E-state index in [4.69, 9.17) is 6.57 Å². The number of β-amino-alcohol motifs (C(OH)–C–C–N with tert-alkyl or cyclic N) is 1. The molecule has 0 aliphatic carbocycles. The van der Waals surface area contributed by atoms with E-state index in [1.807, 2.05) is 24.3 Å². The van der Waals surface area contributed by atoms with Crippen LogP contribution in [0.3, 0.4) is 0 Å². The summed E-state index contributed by atoms with van der Waals surface area (Å²) in [4.78, 5) is 5.53. The predicted molar refractivity (Wildman–Crippen MR) is 55.5 cm³/mol. The molecule has 72 valence electrons. The Balaban J connectivity index is 2.28. The van der Waals surface area contributed by atoms with Gasteiger partial charge in [-0.05, 0) is 12.5 Å². The van der Waals surface area contributed by atoms with E-state index >= 15 is 0 Å². The molecule has 3 nitrogen and oxygen atoms in total. The van der Waals surface area contributed by atoms with Crippen LogP contribution in [0.2, 0.25) is 0 Å². The molecule has 1 aliphatic rings. The van der Waals surface area contributed by atoms with Crippen molar-refractivity contribution >= 4 is 11.4 Å². The Kier molecular flexibility index (Phi) is 2.38. The molecule has 0 spiro atoms. The Labute approximate surface area is 83.4 Å². The fourth-order valence-corrected chi connectivity index (χ4v) is 1.79. The van der Waals surface area contributed by atoms with E-state index in [0.717, 1.165) is 18.7 Å². The van der Waals surface area contributed by atoms with Gasteiger partial charge in [0.1, 0.15) is 0 Å². The Hall–Kier alpha value is -1.53. The van der Waals surface area contributed by atoms with Crippen LogP contribution in [0.4, 0.5) is 11.4 Å². The fraction of sp³-hybridized carbons (Fsp3) is 0.364. The lowest BCUT2D eigenvalue weighted by Gasteiger charge is -2.19. The molecule has 1 fully saturated rings. The van der Waals surface area contributed by atoms with Gasteiger partial charge >= 0.3 is 0 Å². The molecule has 2 rings (SSSR count). The summed E-state index contributed by atoms with van der Waals surface area (Å²) < 4.78 is 0. The van der Waals surface area contributed by atoms with E-state index in [2.05, 4.69) is 9.74 Å². The van der Waals surface area contributed by atoms with Crippen LogP contribution in [0.1, 0.15) is 6.42 Å². The molecule has 0 radical (unpaired) electrons. The molecule has 1 atom stereocenters. The van der Waals surface area contributed by atoms with Crippen LogP contribution in [0.15, 0.2) is 24.3 Å². The average Bonchev–Trinajstić information content (AvgIpc) is 2.65. The van der Waals surface area contributed by atoms with Crippen LogP contribution in [0.25, 0.3) is 4.85 Å². The van der Waals surface area contributed by atoms with Crippen molar-refractivity contribution in [3.05, 3.63) is 35.7 Å². The van der Waals surface area contributed by atoms with Gasteiger partial charge in [0.05, 0.1) is 12.7 Å². The highest BCUT2D eigenvalue weighted by Crippen LogP contribution is 2.30. The summed E-state index contributed by atoms with van der Waals surface area (Å²) in [6.07, 6.45) is 0.556. The Bertz CT molecular complexity index is 370. The lowest BCUT2D eigenvalue weighted by Crippen LogP contribution is -2.20. The SMILES string of the molecule is [C-]#[N+]c1ccccc1N1CC[C@H](O)C1. The third-order valence-electron chi connectivity index (χ3n) is 2.51. The first kappa shape index (κ1) is 9.04. The summed E-state index contributed by atoms with van der Waals surface area (Å²) >= 11 is 0. The molecule has 0 aromatic heterocycles. The van der Waals surface area contributed by atoms with Crippen molar-refractivity contribution in [2.24, 2.45) is 0 Å². The Morgan fingerprint density at radius 3 is 2.86 bits per heavy atom. The van der Waals surface area contributed by atoms with E-state index in [-0.39, 0.29) is 6.10 Å². The molecule has 0 bridgehead atoms. The van der Waals surface area contributed by atoms with Gasteiger partial charge in [0.2, 0.25) is 5.69 Å². The number of benzene rings is 1. The van der Waals surface area contributed by atoms with Crippen LogP contribution in [0, 0.1) is 6.57 Å². The van der Waals surface area contributed by atoms with Gasteiger partial charge in [0, 0.05) is 18.8 Å². The minimum atomic E-state index is -0.242. The molecule has 0 amide bonds. The minimum absolute atomic E-state index is 0.242. The van der Waals surface area contributed by atoms with Gasteiger partial charge in [-0.2, -0.15) is 0 Å². The van der Waals surface area contributed by atoms with Crippen LogP contribution in [-0.2, 0) is 0 Å². The van der Waals surface area contributed by atoms with Crippen LogP contribution in [-0.4, -0.2) is 24.3 Å². The van der Waals surface area contributed by atoms with Gasteiger partial charge in [-0.3, -0.25) is 0 Å². The average molecular weight is 188 g/mol. The highest BCUT2D eigenvalue weighted by atomic mass is 16.3.